The van der Waals surface area contributed by atoms with Gasteiger partial charge in [-0.1, -0.05) is 18.2 Å². The summed E-state index contributed by atoms with van der Waals surface area (Å²) in [5, 5.41) is 18.7. The average molecular weight is 360 g/mol. The molecule has 0 radical (unpaired) electrons. The normalized spacial score (nSPS) is 11.6. The fraction of sp³-hybridized carbons (Fsp3) is 0. The number of phenols is 1. The van der Waals surface area contributed by atoms with Gasteiger partial charge in [-0.05, 0) is 36.4 Å². The Labute approximate surface area is 144 Å². The first kappa shape index (κ1) is 18.3. The summed E-state index contributed by atoms with van der Waals surface area (Å²) in [6.07, 6.45) is 0. The van der Waals surface area contributed by atoms with Gasteiger partial charge in [-0.2, -0.15) is 13.5 Å². The molecule has 0 bridgehead atoms. The number of aromatic hydroxyl groups is 1. The predicted molar refractivity (Wildman–Crippen MR) is 95.5 cm³/mol. The van der Waals surface area contributed by atoms with E-state index >= 15 is 0 Å². The average Bonchev–Trinajstić information content (AvgIpc) is 2.54. The van der Waals surface area contributed by atoms with E-state index in [4.69, 9.17) is 5.73 Å². The molecule has 0 unspecified atom stereocenters. The first-order valence-electron chi connectivity index (χ1n) is 6.86. The maximum absolute atomic E-state index is 11.4. The maximum atomic E-state index is 11.4. The number of rotatable bonds is 3. The van der Waals surface area contributed by atoms with Gasteiger partial charge < -0.3 is 17.0 Å². The molecule has 7 N–H and O–H groups in total. The van der Waals surface area contributed by atoms with Crippen molar-refractivity contribution in [2.75, 3.05) is 5.73 Å². The molecule has 8 nitrogen and oxygen atoms in total. The molecule has 130 valence electrons. The lowest BCUT2D eigenvalue weighted by Gasteiger charge is -2.07. The number of nitrogens with zero attached hydrogens (tertiary/aromatic N) is 2. The lowest BCUT2D eigenvalue weighted by atomic mass is 10.1. The summed E-state index contributed by atoms with van der Waals surface area (Å²) in [5.41, 5.74) is 6.91. The molecule has 0 aliphatic rings. The van der Waals surface area contributed by atoms with Gasteiger partial charge in [-0.25, -0.2) is 0 Å². The molecule has 0 atom stereocenters. The number of hydrogen-bond donors (Lipinski definition) is 4. The summed E-state index contributed by atoms with van der Waals surface area (Å²) >= 11 is 0. The van der Waals surface area contributed by atoms with Crippen LogP contribution in [0, 0.1) is 0 Å². The fourth-order valence-electron chi connectivity index (χ4n) is 2.26. The number of nitrogens with two attached hydrogens (primary N) is 1. The van der Waals surface area contributed by atoms with E-state index in [2.05, 4.69) is 10.2 Å². The zero-order valence-corrected chi connectivity index (χ0v) is 13.8. The van der Waals surface area contributed by atoms with E-state index in [-0.39, 0.29) is 33.3 Å². The van der Waals surface area contributed by atoms with Crippen molar-refractivity contribution >= 4 is 38.0 Å². The minimum Gasteiger partial charge on any atom is -0.505 e. The third-order valence-electron chi connectivity index (χ3n) is 3.42. The summed E-state index contributed by atoms with van der Waals surface area (Å²) in [4.78, 5) is -0.280. The third kappa shape index (κ3) is 3.74. The zero-order chi connectivity index (χ0) is 17.3. The molecule has 9 heteroatoms. The van der Waals surface area contributed by atoms with Gasteiger partial charge in [0, 0.05) is 16.5 Å². The highest BCUT2D eigenvalue weighted by Gasteiger charge is 2.16. The van der Waals surface area contributed by atoms with Crippen LogP contribution >= 0.6 is 0 Å². The van der Waals surface area contributed by atoms with Gasteiger partial charge in [-0.15, -0.1) is 5.11 Å². The van der Waals surface area contributed by atoms with Crippen molar-refractivity contribution in [3.05, 3.63) is 54.6 Å². The van der Waals surface area contributed by atoms with Crippen molar-refractivity contribution in [3.8, 4) is 5.75 Å². The summed E-state index contributed by atoms with van der Waals surface area (Å²) in [6.45, 7) is 0. The Morgan fingerprint density at radius 2 is 1.56 bits per heavy atom. The first-order chi connectivity index (χ1) is 11.4. The molecular formula is C16H16N4O4S. The summed E-state index contributed by atoms with van der Waals surface area (Å²) in [5.74, 6) is -0.225. The Bertz CT molecular complexity index is 1050. The van der Waals surface area contributed by atoms with Gasteiger partial charge in [0.1, 0.15) is 10.6 Å². The van der Waals surface area contributed by atoms with E-state index in [9.17, 15) is 18.1 Å². The highest BCUT2D eigenvalue weighted by molar-refractivity contribution is 7.86. The van der Waals surface area contributed by atoms with E-state index in [1.165, 1.54) is 30.3 Å². The van der Waals surface area contributed by atoms with Gasteiger partial charge in [0.2, 0.25) is 0 Å². The number of phenolic OH excluding ortho intramolecular Hbond substituents is 1. The molecule has 0 saturated heterocycles. The van der Waals surface area contributed by atoms with E-state index in [1.54, 1.807) is 24.3 Å². The number of nitrogen functional groups attached to an aromatic ring is 1. The quantitative estimate of drug-likeness (QED) is 0.314. The number of anilines is 1. The first-order valence-corrected chi connectivity index (χ1v) is 8.30. The molecule has 25 heavy (non-hydrogen) atoms. The lowest BCUT2D eigenvalue weighted by Crippen LogP contribution is -1.98. The van der Waals surface area contributed by atoms with Gasteiger partial charge in [0.15, 0.2) is 5.75 Å². The smallest absolute Gasteiger partial charge is 0.295 e. The topological polar surface area (TPSA) is 160 Å². The second-order valence-corrected chi connectivity index (χ2v) is 6.44. The molecule has 3 aromatic rings. The van der Waals surface area contributed by atoms with Crippen LogP contribution in [0.1, 0.15) is 0 Å². The van der Waals surface area contributed by atoms with Crippen molar-refractivity contribution < 1.29 is 18.1 Å². The molecule has 3 rings (SSSR count). The van der Waals surface area contributed by atoms with Crippen molar-refractivity contribution in [3.63, 3.8) is 0 Å². The number of fused-ring (bicyclic) bond motifs is 1. The molecular weight excluding hydrogens is 344 g/mol. The summed E-state index contributed by atoms with van der Waals surface area (Å²) < 4.78 is 32.1. The minimum atomic E-state index is -4.40. The molecule has 0 heterocycles. The van der Waals surface area contributed by atoms with Crippen LogP contribution in [0.2, 0.25) is 0 Å². The second-order valence-electron chi connectivity index (χ2n) is 5.05. The molecule has 0 fully saturated rings. The molecule has 0 aliphatic heterocycles. The summed E-state index contributed by atoms with van der Waals surface area (Å²) in [7, 11) is -4.40. The zero-order valence-electron chi connectivity index (χ0n) is 13.0. The Morgan fingerprint density at radius 1 is 0.880 bits per heavy atom. The molecule has 0 spiro atoms. The predicted octanol–water partition coefficient (Wildman–Crippen LogP) is 3.95. The van der Waals surface area contributed by atoms with Gasteiger partial charge in [-0.3, -0.25) is 4.55 Å². The molecule has 3 aromatic carbocycles. The molecule has 0 amide bonds. The highest BCUT2D eigenvalue weighted by atomic mass is 32.2. The highest BCUT2D eigenvalue weighted by Crippen LogP contribution is 2.37. The van der Waals surface area contributed by atoms with E-state index in [0.717, 1.165) is 0 Å². The van der Waals surface area contributed by atoms with Crippen molar-refractivity contribution in [1.29, 1.82) is 0 Å². The van der Waals surface area contributed by atoms with Gasteiger partial charge >= 0.3 is 0 Å². The Morgan fingerprint density at radius 3 is 2.20 bits per heavy atom. The van der Waals surface area contributed by atoms with Gasteiger partial charge in [0.05, 0.1) is 5.69 Å². The number of benzene rings is 3. The minimum absolute atomic E-state index is 0. The SMILES string of the molecule is N.Nc1ccc(N=Nc2ccc3c(S(=O)(=O)O)cccc3c2O)cc1. The standard InChI is InChI=1S/C16H13N3O4S.H3N/c17-10-4-6-11(7-5-10)18-19-14-9-8-12-13(16(14)20)2-1-3-15(12)24(21,22)23;/h1-9,20H,17H2,(H,21,22,23);1H3. The van der Waals surface area contributed by atoms with Crippen LogP contribution in [-0.4, -0.2) is 18.1 Å². The summed E-state index contributed by atoms with van der Waals surface area (Å²) in [6, 6.07) is 13.8. The molecule has 0 aliphatic carbocycles. The second kappa shape index (κ2) is 6.85. The number of azo groups is 1. The lowest BCUT2D eigenvalue weighted by molar-refractivity contribution is 0.482. The van der Waals surface area contributed by atoms with E-state index in [0.29, 0.717) is 11.4 Å². The maximum Gasteiger partial charge on any atom is 0.295 e. The molecule has 0 aromatic heterocycles. The van der Waals surface area contributed by atoms with E-state index in [1.807, 2.05) is 0 Å². The largest absolute Gasteiger partial charge is 0.505 e. The van der Waals surface area contributed by atoms with Crippen molar-refractivity contribution in [1.82, 2.24) is 6.15 Å². The van der Waals surface area contributed by atoms with Crippen LogP contribution in [0.25, 0.3) is 10.8 Å². The third-order valence-corrected chi connectivity index (χ3v) is 4.33. The van der Waals surface area contributed by atoms with Crippen LogP contribution in [0.4, 0.5) is 17.1 Å². The van der Waals surface area contributed by atoms with Crippen molar-refractivity contribution in [2.45, 2.75) is 4.90 Å². The Kier molecular flexibility index (Phi) is 5.02. The van der Waals surface area contributed by atoms with Crippen LogP contribution < -0.4 is 11.9 Å². The van der Waals surface area contributed by atoms with Gasteiger partial charge in [0.25, 0.3) is 10.1 Å². The van der Waals surface area contributed by atoms with Crippen LogP contribution in [0.5, 0.6) is 5.75 Å². The van der Waals surface area contributed by atoms with Crippen LogP contribution in [0.15, 0.2) is 69.7 Å². The van der Waals surface area contributed by atoms with Crippen LogP contribution in [-0.2, 0) is 10.1 Å². The fourth-order valence-corrected chi connectivity index (χ4v) is 2.97. The van der Waals surface area contributed by atoms with Crippen LogP contribution in [0.3, 0.4) is 0 Å². The van der Waals surface area contributed by atoms with E-state index < -0.39 is 10.1 Å². The monoisotopic (exact) mass is 360 g/mol. The Balaban J connectivity index is 0.00000225. The van der Waals surface area contributed by atoms with Crippen molar-refractivity contribution in [2.24, 2.45) is 10.2 Å². The molecule has 0 saturated carbocycles. The Hall–Kier alpha value is -3.01. The number of hydrogen-bond acceptors (Lipinski definition) is 7.